The zero-order chi connectivity index (χ0) is 16.0. The summed E-state index contributed by atoms with van der Waals surface area (Å²) in [6, 6.07) is 7.40. The number of ether oxygens (including phenoxy) is 1. The number of benzene rings is 1. The largest absolute Gasteiger partial charge is 0.467 e. The van der Waals surface area contributed by atoms with Crippen molar-refractivity contribution in [2.75, 3.05) is 7.11 Å². The van der Waals surface area contributed by atoms with Gasteiger partial charge in [-0.25, -0.2) is 9.59 Å². The number of hydrogen-bond acceptors (Lipinski definition) is 4. The number of esters is 1. The smallest absolute Gasteiger partial charge is 0.337 e. The van der Waals surface area contributed by atoms with Gasteiger partial charge in [0.05, 0.1) is 13.2 Å². The minimum absolute atomic E-state index is 0.429. The summed E-state index contributed by atoms with van der Waals surface area (Å²) >= 11 is 0. The van der Waals surface area contributed by atoms with Crippen molar-refractivity contribution >= 4 is 12.0 Å². The number of carbonyl (C=O) groups excluding carboxylic acids is 2. The summed E-state index contributed by atoms with van der Waals surface area (Å²) in [6.07, 6.45) is -1.48. The van der Waals surface area contributed by atoms with E-state index in [-0.39, 0.29) is 0 Å². The number of methoxy groups -OCH3 is 1. The van der Waals surface area contributed by atoms with Gasteiger partial charge < -0.3 is 20.5 Å². The summed E-state index contributed by atoms with van der Waals surface area (Å²) in [6.45, 7) is 5.50. The molecule has 0 heterocycles. The SMILES string of the molecule is COC(=O)C(O)[C@@H](NC(=O)NC(C)(C)C)c1ccccc1. The van der Waals surface area contributed by atoms with Crippen LogP contribution in [0, 0.1) is 0 Å². The van der Waals surface area contributed by atoms with Gasteiger partial charge in [0.15, 0.2) is 6.10 Å². The molecule has 0 aliphatic heterocycles. The molecule has 1 aromatic rings. The maximum absolute atomic E-state index is 12.0. The van der Waals surface area contributed by atoms with E-state index in [2.05, 4.69) is 15.4 Å². The fourth-order valence-electron chi connectivity index (χ4n) is 1.78. The van der Waals surface area contributed by atoms with Gasteiger partial charge in [0, 0.05) is 5.54 Å². The van der Waals surface area contributed by atoms with Gasteiger partial charge in [0.25, 0.3) is 0 Å². The van der Waals surface area contributed by atoms with Gasteiger partial charge in [-0.15, -0.1) is 0 Å². The highest BCUT2D eigenvalue weighted by molar-refractivity contribution is 5.79. The van der Waals surface area contributed by atoms with Gasteiger partial charge in [-0.05, 0) is 26.3 Å². The van der Waals surface area contributed by atoms with Crippen molar-refractivity contribution in [3.63, 3.8) is 0 Å². The van der Waals surface area contributed by atoms with Crippen LogP contribution in [0.3, 0.4) is 0 Å². The van der Waals surface area contributed by atoms with Crippen LogP contribution < -0.4 is 10.6 Å². The van der Waals surface area contributed by atoms with E-state index in [1.54, 1.807) is 30.3 Å². The third kappa shape index (κ3) is 5.43. The molecule has 0 spiro atoms. The second kappa shape index (κ2) is 7.08. The van der Waals surface area contributed by atoms with Crippen LogP contribution in [0.4, 0.5) is 4.79 Å². The van der Waals surface area contributed by atoms with Crippen molar-refractivity contribution in [1.82, 2.24) is 10.6 Å². The third-order valence-corrected chi connectivity index (χ3v) is 2.69. The number of urea groups is 1. The summed E-state index contributed by atoms with van der Waals surface area (Å²) < 4.78 is 4.54. The average molecular weight is 294 g/mol. The van der Waals surface area contributed by atoms with Crippen molar-refractivity contribution in [2.45, 2.75) is 38.5 Å². The van der Waals surface area contributed by atoms with Crippen molar-refractivity contribution in [1.29, 1.82) is 0 Å². The molecule has 1 rings (SSSR count). The zero-order valence-electron chi connectivity index (χ0n) is 12.7. The summed E-state index contributed by atoms with van der Waals surface area (Å²) in [7, 11) is 1.18. The first-order valence-corrected chi connectivity index (χ1v) is 6.64. The Bertz CT molecular complexity index is 482. The van der Waals surface area contributed by atoms with Crippen LogP contribution in [0.15, 0.2) is 30.3 Å². The average Bonchev–Trinajstić information content (AvgIpc) is 2.42. The lowest BCUT2D eigenvalue weighted by atomic mass is 10.0. The highest BCUT2D eigenvalue weighted by Crippen LogP contribution is 2.18. The topological polar surface area (TPSA) is 87.7 Å². The molecule has 6 heteroatoms. The molecule has 2 atom stereocenters. The highest BCUT2D eigenvalue weighted by atomic mass is 16.5. The first kappa shape index (κ1) is 17.0. The molecule has 116 valence electrons. The Kier molecular flexibility index (Phi) is 5.72. The molecular formula is C15H22N2O4. The Labute approximate surface area is 124 Å². The second-order valence-corrected chi connectivity index (χ2v) is 5.70. The fourth-order valence-corrected chi connectivity index (χ4v) is 1.78. The molecule has 1 aromatic carbocycles. The highest BCUT2D eigenvalue weighted by Gasteiger charge is 2.30. The van der Waals surface area contributed by atoms with E-state index in [4.69, 9.17) is 0 Å². The number of amides is 2. The molecule has 0 aromatic heterocycles. The summed E-state index contributed by atoms with van der Waals surface area (Å²) in [5, 5.41) is 15.4. The number of aliphatic hydroxyl groups excluding tert-OH is 1. The number of rotatable bonds is 4. The molecule has 0 aliphatic rings. The van der Waals surface area contributed by atoms with Gasteiger partial charge in [0.1, 0.15) is 0 Å². The standard InChI is InChI=1S/C15H22N2O4/c1-15(2,3)17-14(20)16-11(12(18)13(19)21-4)10-8-6-5-7-9-10/h5-9,11-12,18H,1-4H3,(H2,16,17,20)/t11-,12?/m0/s1. The van der Waals surface area contributed by atoms with E-state index < -0.39 is 29.7 Å². The minimum Gasteiger partial charge on any atom is -0.467 e. The van der Waals surface area contributed by atoms with E-state index in [0.717, 1.165) is 0 Å². The number of aliphatic hydroxyl groups is 1. The molecule has 0 aliphatic carbocycles. The Morgan fingerprint density at radius 3 is 2.24 bits per heavy atom. The third-order valence-electron chi connectivity index (χ3n) is 2.69. The number of hydrogen-bond donors (Lipinski definition) is 3. The van der Waals surface area contributed by atoms with Crippen LogP contribution in [-0.2, 0) is 9.53 Å². The van der Waals surface area contributed by atoms with E-state index >= 15 is 0 Å². The molecule has 0 saturated carbocycles. The van der Waals surface area contributed by atoms with Crippen molar-refractivity contribution in [3.8, 4) is 0 Å². The molecule has 2 amide bonds. The maximum Gasteiger partial charge on any atom is 0.337 e. The lowest BCUT2D eigenvalue weighted by molar-refractivity contribution is -0.151. The van der Waals surface area contributed by atoms with E-state index in [0.29, 0.717) is 5.56 Å². The molecule has 0 saturated heterocycles. The first-order chi connectivity index (χ1) is 9.74. The Balaban J connectivity index is 2.93. The first-order valence-electron chi connectivity index (χ1n) is 6.64. The van der Waals surface area contributed by atoms with Crippen LogP contribution in [-0.4, -0.2) is 35.9 Å². The monoisotopic (exact) mass is 294 g/mol. The Morgan fingerprint density at radius 2 is 1.76 bits per heavy atom. The molecule has 21 heavy (non-hydrogen) atoms. The van der Waals surface area contributed by atoms with Gasteiger partial charge in [-0.2, -0.15) is 0 Å². The van der Waals surface area contributed by atoms with Gasteiger partial charge in [-0.1, -0.05) is 30.3 Å². The van der Waals surface area contributed by atoms with Crippen LogP contribution >= 0.6 is 0 Å². The molecular weight excluding hydrogens is 272 g/mol. The van der Waals surface area contributed by atoms with Crippen LogP contribution in [0.25, 0.3) is 0 Å². The minimum atomic E-state index is -1.48. The normalized spacial score (nSPS) is 14.0. The van der Waals surface area contributed by atoms with E-state index in [1.165, 1.54) is 7.11 Å². The number of carbonyl (C=O) groups is 2. The van der Waals surface area contributed by atoms with Crippen molar-refractivity contribution in [2.24, 2.45) is 0 Å². The predicted molar refractivity (Wildman–Crippen MR) is 78.6 cm³/mol. The zero-order valence-corrected chi connectivity index (χ0v) is 12.7. The molecule has 0 radical (unpaired) electrons. The Hall–Kier alpha value is -2.08. The molecule has 0 bridgehead atoms. The van der Waals surface area contributed by atoms with Crippen LogP contribution in [0.1, 0.15) is 32.4 Å². The molecule has 1 unspecified atom stereocenters. The summed E-state index contributed by atoms with van der Waals surface area (Å²) in [5.74, 6) is -0.806. The Morgan fingerprint density at radius 1 is 1.19 bits per heavy atom. The van der Waals surface area contributed by atoms with Crippen LogP contribution in [0.2, 0.25) is 0 Å². The second-order valence-electron chi connectivity index (χ2n) is 5.70. The van der Waals surface area contributed by atoms with Crippen molar-refractivity contribution < 1.29 is 19.4 Å². The van der Waals surface area contributed by atoms with Gasteiger partial charge in [0.2, 0.25) is 0 Å². The fraction of sp³-hybridized carbons (Fsp3) is 0.467. The lowest BCUT2D eigenvalue weighted by Gasteiger charge is -2.26. The van der Waals surface area contributed by atoms with Gasteiger partial charge >= 0.3 is 12.0 Å². The van der Waals surface area contributed by atoms with Crippen LogP contribution in [0.5, 0.6) is 0 Å². The molecule has 0 fully saturated rings. The van der Waals surface area contributed by atoms with Gasteiger partial charge in [-0.3, -0.25) is 0 Å². The summed E-state index contributed by atoms with van der Waals surface area (Å²) in [5.41, 5.74) is 0.182. The maximum atomic E-state index is 12.0. The molecule has 6 nitrogen and oxygen atoms in total. The van der Waals surface area contributed by atoms with Crippen molar-refractivity contribution in [3.05, 3.63) is 35.9 Å². The molecule has 3 N–H and O–H groups in total. The number of nitrogens with one attached hydrogen (secondary N) is 2. The quantitative estimate of drug-likeness (QED) is 0.732. The predicted octanol–water partition coefficient (Wildman–Crippen LogP) is 1.36. The van der Waals surface area contributed by atoms with E-state index in [9.17, 15) is 14.7 Å². The lowest BCUT2D eigenvalue weighted by Crippen LogP contribution is -2.50. The van der Waals surface area contributed by atoms with E-state index in [1.807, 2.05) is 20.8 Å². The summed E-state index contributed by atoms with van der Waals surface area (Å²) in [4.78, 5) is 23.5.